The van der Waals surface area contributed by atoms with Gasteiger partial charge in [-0.2, -0.15) is 0 Å². The van der Waals surface area contributed by atoms with Gasteiger partial charge in [-0.3, -0.25) is 4.79 Å². The lowest BCUT2D eigenvalue weighted by Gasteiger charge is -2.32. The summed E-state index contributed by atoms with van der Waals surface area (Å²) < 4.78 is 11.5. The molecule has 1 atom stereocenters. The Labute approximate surface area is 169 Å². The van der Waals surface area contributed by atoms with Gasteiger partial charge in [0, 0.05) is 11.5 Å². The van der Waals surface area contributed by atoms with Gasteiger partial charge in [-0.25, -0.2) is 4.79 Å². The van der Waals surface area contributed by atoms with Gasteiger partial charge in [0.15, 0.2) is 0 Å². The smallest absolute Gasteiger partial charge is 0.340 e. The highest BCUT2D eigenvalue weighted by Gasteiger charge is 2.28. The summed E-state index contributed by atoms with van der Waals surface area (Å²) in [4.78, 5) is 36.1. The van der Waals surface area contributed by atoms with Gasteiger partial charge in [0.1, 0.15) is 16.9 Å². The van der Waals surface area contributed by atoms with Crippen LogP contribution in [0.4, 0.5) is 0 Å². The molecule has 29 heavy (non-hydrogen) atoms. The normalized spacial score (nSPS) is 16.2. The van der Waals surface area contributed by atoms with Crippen molar-refractivity contribution < 1.29 is 23.8 Å². The zero-order valence-corrected chi connectivity index (χ0v) is 17.4. The second-order valence-corrected chi connectivity index (χ2v) is 8.60. The minimum atomic E-state index is -1.36. The van der Waals surface area contributed by atoms with E-state index in [0.717, 1.165) is 23.8 Å². The molecule has 0 aliphatic carbocycles. The lowest BCUT2D eigenvalue weighted by atomic mass is 9.92. The molecule has 0 radical (unpaired) electrons. The fourth-order valence-electron chi connectivity index (χ4n) is 3.62. The van der Waals surface area contributed by atoms with Crippen LogP contribution in [0.2, 0.25) is 0 Å². The number of carboxylic acids is 1. The highest BCUT2D eigenvalue weighted by atomic mass is 16.5. The number of carbonyl (C=O) groups excluding carboxylic acids is 2. The lowest BCUT2D eigenvalue weighted by molar-refractivity contribution is -0.309. The molecule has 7 nitrogen and oxygen atoms in total. The number of carbonyl (C=O) groups is 2. The average molecular weight is 400 g/mol. The molecule has 1 aromatic carbocycles. The molecule has 1 aliphatic heterocycles. The Morgan fingerprint density at radius 1 is 1.28 bits per heavy atom. The van der Waals surface area contributed by atoms with Crippen LogP contribution in [0.3, 0.4) is 0 Å². The monoisotopic (exact) mass is 400 g/mol. The van der Waals surface area contributed by atoms with Crippen LogP contribution in [0.25, 0.3) is 11.0 Å². The van der Waals surface area contributed by atoms with Crippen molar-refractivity contribution in [1.82, 2.24) is 5.32 Å². The summed E-state index contributed by atoms with van der Waals surface area (Å²) in [5, 5.41) is 14.4. The molecule has 0 fully saturated rings. The van der Waals surface area contributed by atoms with Crippen LogP contribution in [0, 0.1) is 12.8 Å². The van der Waals surface area contributed by atoms with Gasteiger partial charge in [0.05, 0.1) is 24.0 Å². The molecule has 1 N–H and O–H groups in total. The number of amides is 1. The van der Waals surface area contributed by atoms with Crippen molar-refractivity contribution >= 4 is 22.8 Å². The first-order valence-corrected chi connectivity index (χ1v) is 9.77. The van der Waals surface area contributed by atoms with Gasteiger partial charge in [0.2, 0.25) is 5.91 Å². The summed E-state index contributed by atoms with van der Waals surface area (Å²) in [6, 6.07) is 2.55. The topological polar surface area (TPSA) is 109 Å². The maximum atomic E-state index is 12.5. The van der Waals surface area contributed by atoms with Crippen molar-refractivity contribution in [2.24, 2.45) is 5.92 Å². The highest BCUT2D eigenvalue weighted by Crippen LogP contribution is 2.36. The number of nitrogens with one attached hydrogen (secondary N) is 1. The van der Waals surface area contributed by atoms with Crippen molar-refractivity contribution in [3.05, 3.63) is 39.2 Å². The molecule has 0 bridgehead atoms. The van der Waals surface area contributed by atoms with Crippen LogP contribution >= 0.6 is 0 Å². The zero-order valence-electron chi connectivity index (χ0n) is 17.4. The molecular weight excluding hydrogens is 374 g/mol. The minimum Gasteiger partial charge on any atom is -0.548 e. The molecule has 1 amide bonds. The van der Waals surface area contributed by atoms with Crippen LogP contribution < -0.4 is 20.8 Å². The van der Waals surface area contributed by atoms with E-state index in [-0.39, 0.29) is 23.5 Å². The largest absolute Gasteiger partial charge is 0.548 e. The Morgan fingerprint density at radius 3 is 2.59 bits per heavy atom. The molecule has 1 aliphatic rings. The first kappa shape index (κ1) is 20.9. The predicted octanol–water partition coefficient (Wildman–Crippen LogP) is 1.64. The molecule has 2 heterocycles. The number of fused-ring (bicyclic) bond motifs is 2. The molecule has 0 saturated heterocycles. The molecular formula is C22H26NO6-. The average Bonchev–Trinajstić information content (AvgIpc) is 2.60. The van der Waals surface area contributed by atoms with E-state index in [1.165, 1.54) is 0 Å². The van der Waals surface area contributed by atoms with Crippen molar-refractivity contribution in [2.75, 3.05) is 0 Å². The van der Waals surface area contributed by atoms with Crippen molar-refractivity contribution in [1.29, 1.82) is 0 Å². The molecule has 0 unspecified atom stereocenters. The SMILES string of the molecule is Cc1c(CC(=O)N[C@H](C(=O)[O-])C(C)C)c(=O)oc2cc3c(cc12)CCC(C)(C)O3. The van der Waals surface area contributed by atoms with Crippen molar-refractivity contribution in [3.8, 4) is 5.75 Å². The Balaban J connectivity index is 1.95. The second kappa shape index (κ2) is 7.54. The van der Waals surface area contributed by atoms with E-state index in [0.29, 0.717) is 16.9 Å². The minimum absolute atomic E-state index is 0.216. The number of rotatable bonds is 5. The van der Waals surface area contributed by atoms with Gasteiger partial charge in [-0.1, -0.05) is 13.8 Å². The van der Waals surface area contributed by atoms with Crippen LogP contribution in [0.15, 0.2) is 21.3 Å². The van der Waals surface area contributed by atoms with E-state index in [2.05, 4.69) is 5.32 Å². The highest BCUT2D eigenvalue weighted by molar-refractivity contribution is 5.87. The number of hydrogen-bond acceptors (Lipinski definition) is 6. The number of aliphatic carboxylic acids is 1. The Kier molecular flexibility index (Phi) is 5.43. The van der Waals surface area contributed by atoms with E-state index < -0.39 is 23.5 Å². The third-order valence-electron chi connectivity index (χ3n) is 5.43. The number of aryl methyl sites for hydroxylation is 2. The molecule has 1 aromatic heterocycles. The van der Waals surface area contributed by atoms with Gasteiger partial charge >= 0.3 is 5.63 Å². The van der Waals surface area contributed by atoms with Crippen LogP contribution in [-0.4, -0.2) is 23.5 Å². The molecule has 3 rings (SSSR count). The molecule has 2 aromatic rings. The Bertz CT molecular complexity index is 1030. The van der Waals surface area contributed by atoms with Crippen LogP contribution in [0.1, 0.15) is 50.8 Å². The summed E-state index contributed by atoms with van der Waals surface area (Å²) in [6.07, 6.45) is 1.45. The molecule has 156 valence electrons. The number of hydrogen-bond donors (Lipinski definition) is 1. The van der Waals surface area contributed by atoms with Crippen LogP contribution in [0.5, 0.6) is 5.75 Å². The fourth-order valence-corrected chi connectivity index (χ4v) is 3.62. The third-order valence-corrected chi connectivity index (χ3v) is 5.43. The Morgan fingerprint density at radius 2 is 1.97 bits per heavy atom. The molecule has 7 heteroatoms. The molecule has 0 saturated carbocycles. The maximum absolute atomic E-state index is 12.5. The van der Waals surface area contributed by atoms with E-state index in [9.17, 15) is 19.5 Å². The summed E-state index contributed by atoms with van der Waals surface area (Å²) >= 11 is 0. The van der Waals surface area contributed by atoms with E-state index >= 15 is 0 Å². The van der Waals surface area contributed by atoms with Gasteiger partial charge in [-0.05, 0) is 56.7 Å². The van der Waals surface area contributed by atoms with E-state index in [4.69, 9.17) is 9.15 Å². The fraction of sp³-hybridized carbons (Fsp3) is 0.500. The van der Waals surface area contributed by atoms with Gasteiger partial charge in [0.25, 0.3) is 0 Å². The Hall–Kier alpha value is -2.83. The first-order valence-electron chi connectivity index (χ1n) is 9.77. The summed E-state index contributed by atoms with van der Waals surface area (Å²) in [5.41, 5.74) is 1.40. The van der Waals surface area contributed by atoms with E-state index in [1.807, 2.05) is 19.9 Å². The summed E-state index contributed by atoms with van der Waals surface area (Å²) in [6.45, 7) is 9.13. The van der Waals surface area contributed by atoms with Crippen LogP contribution in [-0.2, 0) is 22.4 Å². The van der Waals surface area contributed by atoms with Gasteiger partial charge in [-0.15, -0.1) is 0 Å². The van der Waals surface area contributed by atoms with Crippen molar-refractivity contribution in [2.45, 2.75) is 65.5 Å². The van der Waals surface area contributed by atoms with Crippen molar-refractivity contribution in [3.63, 3.8) is 0 Å². The number of carboxylic acid groups (broad SMARTS) is 1. The lowest BCUT2D eigenvalue weighted by Crippen LogP contribution is -2.51. The zero-order chi connectivity index (χ0) is 21.5. The van der Waals surface area contributed by atoms with E-state index in [1.54, 1.807) is 26.8 Å². The predicted molar refractivity (Wildman–Crippen MR) is 106 cm³/mol. The second-order valence-electron chi connectivity index (χ2n) is 8.60. The quantitative estimate of drug-likeness (QED) is 0.765. The molecule has 0 spiro atoms. The summed E-state index contributed by atoms with van der Waals surface area (Å²) in [5.74, 6) is -1.56. The number of benzene rings is 1. The maximum Gasteiger partial charge on any atom is 0.340 e. The van der Waals surface area contributed by atoms with Gasteiger partial charge < -0.3 is 24.4 Å². The summed E-state index contributed by atoms with van der Waals surface area (Å²) in [7, 11) is 0. The first-order chi connectivity index (χ1) is 13.5. The standard InChI is InChI=1S/C22H27NO6/c1-11(2)19(20(25)26)23-18(24)9-15-12(3)14-8-13-6-7-22(4,5)29-16(13)10-17(14)28-21(15)27/h8,10-11,19H,6-7,9H2,1-5H3,(H,23,24)(H,25,26)/p-1/t19-/m0/s1. The number of ether oxygens (including phenoxy) is 1. The third kappa shape index (κ3) is 4.28.